The Bertz CT molecular complexity index is 1020. The molecule has 1 aromatic heterocycles. The predicted octanol–water partition coefficient (Wildman–Crippen LogP) is 1.17. The quantitative estimate of drug-likeness (QED) is 0.630. The first kappa shape index (κ1) is 22.1. The fraction of sp³-hybridized carbons (Fsp3) is 0.542. The molecule has 4 heterocycles. The summed E-state index contributed by atoms with van der Waals surface area (Å²) in [5.41, 5.74) is 7.80. The van der Waals surface area contributed by atoms with Crippen molar-refractivity contribution < 1.29 is 4.79 Å². The highest BCUT2D eigenvalue weighted by atomic mass is 16.2. The fourth-order valence-electron chi connectivity index (χ4n) is 5.49. The van der Waals surface area contributed by atoms with Crippen LogP contribution in [0.3, 0.4) is 0 Å². The minimum absolute atomic E-state index is 0.227. The topological polar surface area (TPSA) is 109 Å². The van der Waals surface area contributed by atoms with Gasteiger partial charge in [0.1, 0.15) is 5.82 Å². The number of benzene rings is 1. The van der Waals surface area contributed by atoms with Crippen molar-refractivity contribution in [3.8, 4) is 5.69 Å². The molecule has 0 aliphatic carbocycles. The van der Waals surface area contributed by atoms with Crippen LogP contribution in [0.25, 0.3) is 5.69 Å². The van der Waals surface area contributed by atoms with Crippen LogP contribution in [0, 0.1) is 0 Å². The second kappa shape index (κ2) is 9.62. The molecule has 3 aliphatic rings. The number of nitrogens with one attached hydrogen (secondary N) is 2. The number of aromatic nitrogens is 2. The van der Waals surface area contributed by atoms with Gasteiger partial charge in [-0.05, 0) is 55.9 Å². The molecule has 3 saturated heterocycles. The standard InChI is InChI=1S/C24H33N7O2/c25-18-15-20-5-6-21(16-18)30(20)11-7-17-1-3-19(4-2-17)31-12-8-22(28-24(31)33)27-23(32)29-13-9-26-10-14-29/h1-4,8,12,18,20-21,26H,5-7,9-11,13-16,25H2,(H,27,28,32,33). The molecule has 3 aliphatic heterocycles. The number of hydrogen-bond acceptors (Lipinski definition) is 6. The molecule has 2 unspecified atom stereocenters. The van der Waals surface area contributed by atoms with Crippen LogP contribution in [0.4, 0.5) is 10.6 Å². The number of nitrogens with zero attached hydrogens (tertiary/aromatic N) is 4. The van der Waals surface area contributed by atoms with Crippen LogP contribution >= 0.6 is 0 Å². The van der Waals surface area contributed by atoms with Crippen molar-refractivity contribution in [3.05, 3.63) is 52.6 Å². The molecular weight excluding hydrogens is 418 g/mol. The largest absolute Gasteiger partial charge is 0.354 e. The highest BCUT2D eigenvalue weighted by Crippen LogP contribution is 2.35. The van der Waals surface area contributed by atoms with E-state index >= 15 is 0 Å². The van der Waals surface area contributed by atoms with Gasteiger partial charge in [-0.1, -0.05) is 12.1 Å². The minimum atomic E-state index is -0.415. The summed E-state index contributed by atoms with van der Waals surface area (Å²) in [7, 11) is 0. The molecule has 2 aromatic rings. The highest BCUT2D eigenvalue weighted by molar-refractivity contribution is 5.88. The first-order chi connectivity index (χ1) is 16.1. The summed E-state index contributed by atoms with van der Waals surface area (Å²) < 4.78 is 1.50. The van der Waals surface area contributed by atoms with Crippen molar-refractivity contribution in [2.75, 3.05) is 38.0 Å². The minimum Gasteiger partial charge on any atom is -0.328 e. The fourth-order valence-corrected chi connectivity index (χ4v) is 5.49. The average molecular weight is 452 g/mol. The van der Waals surface area contributed by atoms with Crippen molar-refractivity contribution in [3.63, 3.8) is 0 Å². The van der Waals surface area contributed by atoms with Gasteiger partial charge in [0.25, 0.3) is 0 Å². The molecule has 2 amide bonds. The number of fused-ring (bicyclic) bond motifs is 2. The van der Waals surface area contributed by atoms with E-state index in [2.05, 4.69) is 32.7 Å². The number of rotatable bonds is 5. The van der Waals surface area contributed by atoms with Gasteiger partial charge in [0, 0.05) is 57.0 Å². The zero-order valence-corrected chi connectivity index (χ0v) is 18.9. The van der Waals surface area contributed by atoms with Gasteiger partial charge in [-0.2, -0.15) is 4.98 Å². The maximum absolute atomic E-state index is 12.6. The maximum Gasteiger partial charge on any atom is 0.354 e. The molecule has 9 nitrogen and oxygen atoms in total. The second-order valence-electron chi connectivity index (χ2n) is 9.40. The van der Waals surface area contributed by atoms with Gasteiger partial charge in [-0.15, -0.1) is 0 Å². The molecule has 9 heteroatoms. The number of urea groups is 1. The van der Waals surface area contributed by atoms with E-state index in [1.807, 2.05) is 12.1 Å². The lowest BCUT2D eigenvalue weighted by atomic mass is 9.97. The van der Waals surface area contributed by atoms with Gasteiger partial charge in [-0.3, -0.25) is 14.8 Å². The number of hydrogen-bond donors (Lipinski definition) is 3. The third-order valence-corrected chi connectivity index (χ3v) is 7.24. The smallest absolute Gasteiger partial charge is 0.328 e. The van der Waals surface area contributed by atoms with E-state index in [0.29, 0.717) is 31.2 Å². The Balaban J connectivity index is 1.19. The zero-order chi connectivity index (χ0) is 22.8. The van der Waals surface area contributed by atoms with Crippen LogP contribution in [0.5, 0.6) is 0 Å². The van der Waals surface area contributed by atoms with E-state index in [-0.39, 0.29) is 11.8 Å². The molecule has 2 atom stereocenters. The summed E-state index contributed by atoms with van der Waals surface area (Å²) in [4.78, 5) is 33.3. The molecule has 0 radical (unpaired) electrons. The van der Waals surface area contributed by atoms with Crippen LogP contribution in [0.15, 0.2) is 41.3 Å². The van der Waals surface area contributed by atoms with Gasteiger partial charge in [0.05, 0.1) is 5.69 Å². The van der Waals surface area contributed by atoms with E-state index in [1.54, 1.807) is 17.2 Å². The maximum atomic E-state index is 12.6. The summed E-state index contributed by atoms with van der Waals surface area (Å²) in [6.07, 6.45) is 7.45. The molecule has 0 spiro atoms. The first-order valence-corrected chi connectivity index (χ1v) is 12.0. The number of anilines is 1. The van der Waals surface area contributed by atoms with Gasteiger partial charge >= 0.3 is 11.7 Å². The third-order valence-electron chi connectivity index (χ3n) is 7.24. The van der Waals surface area contributed by atoms with Crippen LogP contribution in [0.1, 0.15) is 31.2 Å². The van der Waals surface area contributed by atoms with Crippen LogP contribution < -0.4 is 22.1 Å². The molecule has 3 fully saturated rings. The molecule has 1 aromatic carbocycles. The number of piperidine rings is 1. The Hall–Kier alpha value is -2.75. The SMILES string of the molecule is NC1CC2CCC(C1)N2CCc1ccc(-n2ccc(NC(=O)N3CCNCC3)nc2=O)cc1. The average Bonchev–Trinajstić information content (AvgIpc) is 3.07. The van der Waals surface area contributed by atoms with Crippen molar-refractivity contribution in [1.82, 2.24) is 24.7 Å². The lowest BCUT2D eigenvalue weighted by Gasteiger charge is -2.37. The number of nitrogens with two attached hydrogens (primary N) is 1. The summed E-state index contributed by atoms with van der Waals surface area (Å²) in [5, 5.41) is 5.93. The molecule has 5 rings (SSSR count). The predicted molar refractivity (Wildman–Crippen MR) is 128 cm³/mol. The van der Waals surface area contributed by atoms with Gasteiger partial charge in [0.15, 0.2) is 0 Å². The van der Waals surface area contributed by atoms with Crippen molar-refractivity contribution in [2.45, 2.75) is 50.2 Å². The Morgan fingerprint density at radius 1 is 1.09 bits per heavy atom. The Kier molecular flexibility index (Phi) is 6.43. The third kappa shape index (κ3) is 4.95. The second-order valence-corrected chi connectivity index (χ2v) is 9.40. The monoisotopic (exact) mass is 451 g/mol. The lowest BCUT2D eigenvalue weighted by Crippen LogP contribution is -2.48. The van der Waals surface area contributed by atoms with Gasteiger partial charge in [0.2, 0.25) is 0 Å². The van der Waals surface area contributed by atoms with Gasteiger partial charge < -0.3 is 16.0 Å². The van der Waals surface area contributed by atoms with Crippen molar-refractivity contribution >= 4 is 11.8 Å². The number of piperazine rings is 1. The highest BCUT2D eigenvalue weighted by Gasteiger charge is 2.38. The van der Waals surface area contributed by atoms with Crippen LogP contribution in [-0.2, 0) is 6.42 Å². The molecular formula is C24H33N7O2. The summed E-state index contributed by atoms with van der Waals surface area (Å²) in [6.45, 7) is 3.88. The summed E-state index contributed by atoms with van der Waals surface area (Å²) in [6, 6.07) is 11.2. The van der Waals surface area contributed by atoms with Crippen molar-refractivity contribution in [1.29, 1.82) is 0 Å². The normalized spacial score (nSPS) is 25.2. The Labute approximate surface area is 194 Å². The molecule has 4 N–H and O–H groups in total. The van der Waals surface area contributed by atoms with Crippen LogP contribution in [0.2, 0.25) is 0 Å². The first-order valence-electron chi connectivity index (χ1n) is 12.0. The number of carbonyl (C=O) groups is 1. The molecule has 2 bridgehead atoms. The van der Waals surface area contributed by atoms with E-state index in [0.717, 1.165) is 44.6 Å². The zero-order valence-electron chi connectivity index (χ0n) is 18.9. The molecule has 176 valence electrons. The van der Waals surface area contributed by atoms with Crippen molar-refractivity contribution in [2.24, 2.45) is 5.73 Å². The van der Waals surface area contributed by atoms with E-state index in [1.165, 1.54) is 23.0 Å². The number of carbonyl (C=O) groups excluding carboxylic acids is 1. The van der Waals surface area contributed by atoms with Crippen LogP contribution in [-0.4, -0.2) is 76.2 Å². The molecule has 0 saturated carbocycles. The molecule has 33 heavy (non-hydrogen) atoms. The Morgan fingerprint density at radius 2 is 1.79 bits per heavy atom. The van der Waals surface area contributed by atoms with Gasteiger partial charge in [-0.25, -0.2) is 9.59 Å². The lowest BCUT2D eigenvalue weighted by molar-refractivity contribution is 0.129. The summed E-state index contributed by atoms with van der Waals surface area (Å²) >= 11 is 0. The number of amides is 2. The Morgan fingerprint density at radius 3 is 2.45 bits per heavy atom. The summed E-state index contributed by atoms with van der Waals surface area (Å²) in [5.74, 6) is 0.271. The van der Waals surface area contributed by atoms with E-state index < -0.39 is 5.69 Å². The van der Waals surface area contributed by atoms with E-state index in [9.17, 15) is 9.59 Å². The van der Waals surface area contributed by atoms with E-state index in [4.69, 9.17) is 5.73 Å².